The van der Waals surface area contributed by atoms with E-state index in [0.717, 1.165) is 33.5 Å². The van der Waals surface area contributed by atoms with Gasteiger partial charge in [0.15, 0.2) is 0 Å². The number of para-hydroxylation sites is 1. The normalized spacial score (nSPS) is 22.5. The lowest BCUT2D eigenvalue weighted by Gasteiger charge is -2.24. The summed E-state index contributed by atoms with van der Waals surface area (Å²) in [5, 5.41) is 13.5. The first-order valence-corrected chi connectivity index (χ1v) is 14.5. The van der Waals surface area contributed by atoms with Crippen LogP contribution in [0.15, 0.2) is 84.1 Å². The molecular weight excluding hydrogens is 531 g/mol. The first kappa shape index (κ1) is 24.9. The maximum Gasteiger partial charge on any atom is 0.264 e. The van der Waals surface area contributed by atoms with E-state index in [4.69, 9.17) is 4.74 Å². The Balaban J connectivity index is 1.26. The van der Waals surface area contributed by atoms with Crippen LogP contribution in [0.2, 0.25) is 0 Å². The molecule has 204 valence electrons. The van der Waals surface area contributed by atoms with Crippen LogP contribution >= 0.6 is 0 Å². The number of benzene rings is 3. The van der Waals surface area contributed by atoms with Gasteiger partial charge in [0.05, 0.1) is 30.2 Å². The van der Waals surface area contributed by atoms with Gasteiger partial charge in [-0.15, -0.1) is 5.10 Å². The number of piperidine rings is 1. The van der Waals surface area contributed by atoms with Crippen LogP contribution in [0, 0.1) is 24.6 Å². The number of rotatable bonds is 7. The second kappa shape index (κ2) is 8.97. The van der Waals surface area contributed by atoms with E-state index < -0.39 is 15.4 Å². The van der Waals surface area contributed by atoms with Crippen molar-refractivity contribution >= 4 is 20.9 Å². The number of aryl methyl sites for hydroxylation is 2. The smallest absolute Gasteiger partial charge is 0.264 e. The molecule has 5 aromatic rings. The van der Waals surface area contributed by atoms with Crippen molar-refractivity contribution in [3.05, 3.63) is 96.1 Å². The summed E-state index contributed by atoms with van der Waals surface area (Å²) in [6.45, 7) is 3.25. The maximum atomic E-state index is 13.5. The molecule has 0 amide bonds. The van der Waals surface area contributed by atoms with E-state index in [9.17, 15) is 12.8 Å². The van der Waals surface area contributed by atoms with Crippen LogP contribution in [-0.4, -0.2) is 57.2 Å². The molecule has 3 heterocycles. The average molecular weight is 559 g/mol. The Morgan fingerprint density at radius 3 is 2.55 bits per heavy atom. The molecule has 2 aromatic heterocycles. The molecule has 9 nitrogen and oxygen atoms in total. The lowest BCUT2D eigenvalue weighted by atomic mass is 9.88. The third kappa shape index (κ3) is 3.83. The zero-order valence-corrected chi connectivity index (χ0v) is 22.8. The fraction of sp³-hybridized carbons (Fsp3) is 0.276. The first-order valence-electron chi connectivity index (χ1n) is 13.1. The molecule has 1 saturated heterocycles. The van der Waals surface area contributed by atoms with Crippen molar-refractivity contribution in [3.63, 3.8) is 0 Å². The van der Waals surface area contributed by atoms with E-state index in [-0.39, 0.29) is 22.7 Å². The van der Waals surface area contributed by atoms with Gasteiger partial charge in [-0.3, -0.25) is 0 Å². The highest BCUT2D eigenvalue weighted by Gasteiger charge is 2.71. The molecule has 40 heavy (non-hydrogen) atoms. The van der Waals surface area contributed by atoms with E-state index in [1.54, 1.807) is 30.1 Å². The van der Waals surface area contributed by atoms with Crippen LogP contribution in [0.5, 0.6) is 5.75 Å². The van der Waals surface area contributed by atoms with Gasteiger partial charge >= 0.3 is 0 Å². The van der Waals surface area contributed by atoms with Gasteiger partial charge in [-0.25, -0.2) is 17.5 Å². The van der Waals surface area contributed by atoms with Gasteiger partial charge in [0.2, 0.25) is 5.03 Å². The molecule has 11 heteroatoms. The van der Waals surface area contributed by atoms with Crippen LogP contribution in [0.4, 0.5) is 4.39 Å². The minimum absolute atomic E-state index is 0.0451. The van der Waals surface area contributed by atoms with Gasteiger partial charge in [0.25, 0.3) is 10.0 Å². The predicted molar refractivity (Wildman–Crippen MR) is 146 cm³/mol. The van der Waals surface area contributed by atoms with Gasteiger partial charge in [0.1, 0.15) is 11.6 Å². The summed E-state index contributed by atoms with van der Waals surface area (Å²) < 4.78 is 50.0. The van der Waals surface area contributed by atoms with Crippen molar-refractivity contribution in [3.8, 4) is 11.4 Å². The number of aromatic nitrogens is 5. The SMILES string of the molecule is Cc1cc2c(cnn2-c2ccc(F)cc2)cc1[C@@]12CN(S(=O)(=O)c3cnn(C)n3)C[C@@H]1[C@H]2COc1ccccc1. The van der Waals surface area contributed by atoms with E-state index in [2.05, 4.69) is 34.4 Å². The third-order valence-corrected chi connectivity index (χ3v) is 10.1. The Kier molecular flexibility index (Phi) is 5.59. The van der Waals surface area contributed by atoms with Gasteiger partial charge < -0.3 is 4.74 Å². The predicted octanol–water partition coefficient (Wildman–Crippen LogP) is 3.87. The first-order chi connectivity index (χ1) is 19.3. The number of ether oxygens (including phenoxy) is 1. The highest BCUT2D eigenvalue weighted by molar-refractivity contribution is 7.89. The van der Waals surface area contributed by atoms with E-state index in [1.807, 2.05) is 30.3 Å². The van der Waals surface area contributed by atoms with Crippen molar-refractivity contribution in [1.29, 1.82) is 0 Å². The summed E-state index contributed by atoms with van der Waals surface area (Å²) in [7, 11) is -2.20. The highest BCUT2D eigenvalue weighted by Crippen LogP contribution is 2.65. The van der Waals surface area contributed by atoms with Gasteiger partial charge in [-0.1, -0.05) is 18.2 Å². The monoisotopic (exact) mass is 558 g/mol. The van der Waals surface area contributed by atoms with Crippen molar-refractivity contribution in [2.45, 2.75) is 17.4 Å². The summed E-state index contributed by atoms with van der Waals surface area (Å²) in [5.41, 5.74) is 3.41. The molecule has 2 aliphatic rings. The molecule has 0 spiro atoms. The van der Waals surface area contributed by atoms with Crippen LogP contribution < -0.4 is 4.74 Å². The number of halogens is 1. The zero-order chi connectivity index (χ0) is 27.6. The number of sulfonamides is 1. The van der Waals surface area contributed by atoms with E-state index in [0.29, 0.717) is 19.7 Å². The van der Waals surface area contributed by atoms with Gasteiger partial charge in [0, 0.05) is 36.9 Å². The van der Waals surface area contributed by atoms with Crippen molar-refractivity contribution in [2.75, 3.05) is 19.7 Å². The minimum atomic E-state index is -3.80. The molecule has 0 radical (unpaired) electrons. The lowest BCUT2D eigenvalue weighted by Crippen LogP contribution is -2.36. The van der Waals surface area contributed by atoms with Crippen molar-refractivity contribution < 1.29 is 17.5 Å². The summed E-state index contributed by atoms with van der Waals surface area (Å²) in [6.07, 6.45) is 3.09. The Bertz CT molecular complexity index is 1840. The number of fused-ring (bicyclic) bond motifs is 2. The van der Waals surface area contributed by atoms with Crippen LogP contribution in [0.25, 0.3) is 16.6 Å². The number of nitrogens with zero attached hydrogens (tertiary/aromatic N) is 6. The quantitative estimate of drug-likeness (QED) is 0.301. The largest absolute Gasteiger partial charge is 0.493 e. The Labute approximate surface area is 230 Å². The van der Waals surface area contributed by atoms with E-state index >= 15 is 0 Å². The molecular formula is C29H27FN6O3S. The highest BCUT2D eigenvalue weighted by atomic mass is 32.2. The van der Waals surface area contributed by atoms with Gasteiger partial charge in [-0.05, 0) is 72.5 Å². The third-order valence-electron chi connectivity index (χ3n) is 8.38. The Morgan fingerprint density at radius 2 is 1.82 bits per heavy atom. The molecule has 2 fully saturated rings. The minimum Gasteiger partial charge on any atom is -0.493 e. The molecule has 0 unspecified atom stereocenters. The van der Waals surface area contributed by atoms with Crippen LogP contribution in [0.3, 0.4) is 0 Å². The molecule has 3 aromatic carbocycles. The standard InChI is InChI=1S/C29H27FN6O3S/c1-19-12-27-20(14-32-36(27)22-10-8-21(30)9-11-22)13-24(19)29-18-35(40(37,38)28-15-31-34(2)33-28)16-25(29)26(29)17-39-23-6-4-3-5-7-23/h3-15,25-26H,16-18H2,1-2H3/t25-,26-,29+/m1/s1. The van der Waals surface area contributed by atoms with E-state index in [1.165, 1.54) is 27.4 Å². The van der Waals surface area contributed by atoms with Crippen LogP contribution in [0.1, 0.15) is 11.1 Å². The number of hydrogen-bond donors (Lipinski definition) is 0. The summed E-state index contributed by atoms with van der Waals surface area (Å²) in [5.74, 6) is 0.721. The molecule has 1 aliphatic carbocycles. The van der Waals surface area contributed by atoms with Crippen molar-refractivity contribution in [1.82, 2.24) is 29.1 Å². The molecule has 0 N–H and O–H groups in total. The van der Waals surface area contributed by atoms with Gasteiger partial charge in [-0.2, -0.15) is 19.3 Å². The van der Waals surface area contributed by atoms with Crippen molar-refractivity contribution in [2.24, 2.45) is 18.9 Å². The molecule has 0 bridgehead atoms. The summed E-state index contributed by atoms with van der Waals surface area (Å²) in [6, 6.07) is 20.1. The molecule has 3 atom stereocenters. The second-order valence-corrected chi connectivity index (χ2v) is 12.5. The molecule has 1 saturated carbocycles. The molecule has 1 aliphatic heterocycles. The number of hydrogen-bond acceptors (Lipinski definition) is 6. The Hall–Kier alpha value is -4.09. The second-order valence-electron chi connectivity index (χ2n) is 10.6. The van der Waals surface area contributed by atoms with Crippen LogP contribution in [-0.2, 0) is 22.5 Å². The Morgan fingerprint density at radius 1 is 1.05 bits per heavy atom. The fourth-order valence-corrected chi connectivity index (χ4v) is 7.79. The summed E-state index contributed by atoms with van der Waals surface area (Å²) >= 11 is 0. The zero-order valence-electron chi connectivity index (χ0n) is 22.0. The fourth-order valence-electron chi connectivity index (χ4n) is 6.39. The molecule has 7 rings (SSSR count). The maximum absolute atomic E-state index is 13.5. The summed E-state index contributed by atoms with van der Waals surface area (Å²) in [4.78, 5) is 1.26. The topological polar surface area (TPSA) is 95.1 Å². The lowest BCUT2D eigenvalue weighted by molar-refractivity contribution is 0.261. The average Bonchev–Trinajstić information content (AvgIpc) is 3.40.